The van der Waals surface area contributed by atoms with Gasteiger partial charge >= 0.3 is 0 Å². The van der Waals surface area contributed by atoms with Crippen molar-refractivity contribution >= 4 is 0 Å². The lowest BCUT2D eigenvalue weighted by atomic mass is 9.62. The Morgan fingerprint density at radius 2 is 1.79 bits per heavy atom. The summed E-state index contributed by atoms with van der Waals surface area (Å²) in [5.74, 6) is 1.58. The molecule has 0 N–H and O–H groups in total. The summed E-state index contributed by atoms with van der Waals surface area (Å²) < 4.78 is 0. The molecule has 2 unspecified atom stereocenters. The van der Waals surface area contributed by atoms with Crippen LogP contribution in [0.2, 0.25) is 0 Å². The lowest BCUT2D eigenvalue weighted by Gasteiger charge is -2.43. The molecule has 1 rings (SSSR count). The standard InChI is InChI=1S/C12H22.C2H6/c1-9(2)11-10(3)7-6-8-12(11,4)5;1-2/h10-11H,1,6-8H2,2-5H3;1-2H3. The zero-order chi connectivity index (χ0) is 11.4. The van der Waals surface area contributed by atoms with Crippen molar-refractivity contribution in [3.8, 4) is 0 Å². The van der Waals surface area contributed by atoms with Crippen LogP contribution < -0.4 is 0 Å². The van der Waals surface area contributed by atoms with Crippen molar-refractivity contribution in [1.29, 1.82) is 0 Å². The number of rotatable bonds is 1. The molecule has 0 aromatic heterocycles. The zero-order valence-corrected chi connectivity index (χ0v) is 11.0. The molecule has 0 nitrogen and oxygen atoms in total. The summed E-state index contributed by atoms with van der Waals surface area (Å²) in [6.07, 6.45) is 4.16. The minimum absolute atomic E-state index is 0.490. The van der Waals surface area contributed by atoms with Gasteiger partial charge in [-0.1, -0.05) is 59.6 Å². The first kappa shape index (κ1) is 13.7. The van der Waals surface area contributed by atoms with Gasteiger partial charge in [0, 0.05) is 0 Å². The first-order valence-electron chi connectivity index (χ1n) is 6.10. The van der Waals surface area contributed by atoms with E-state index in [-0.39, 0.29) is 0 Å². The zero-order valence-electron chi connectivity index (χ0n) is 11.0. The Hall–Kier alpha value is -0.260. The highest BCUT2D eigenvalue weighted by molar-refractivity contribution is 5.06. The molecule has 0 spiro atoms. The van der Waals surface area contributed by atoms with Crippen molar-refractivity contribution < 1.29 is 0 Å². The van der Waals surface area contributed by atoms with Crippen molar-refractivity contribution in [1.82, 2.24) is 0 Å². The van der Waals surface area contributed by atoms with Gasteiger partial charge in [0.1, 0.15) is 0 Å². The third kappa shape index (κ3) is 3.15. The Kier molecular flexibility index (Phi) is 5.48. The van der Waals surface area contributed by atoms with Crippen LogP contribution in [0.25, 0.3) is 0 Å². The van der Waals surface area contributed by atoms with Crippen LogP contribution in [0.3, 0.4) is 0 Å². The predicted molar refractivity (Wildman–Crippen MR) is 66.4 cm³/mol. The minimum Gasteiger partial charge on any atom is -0.0998 e. The highest BCUT2D eigenvalue weighted by Crippen LogP contribution is 2.46. The fraction of sp³-hybridized carbons (Fsp3) is 0.857. The van der Waals surface area contributed by atoms with Crippen LogP contribution in [0.1, 0.15) is 60.8 Å². The maximum absolute atomic E-state index is 4.12. The first-order valence-corrected chi connectivity index (χ1v) is 6.10. The average Bonchev–Trinajstić information content (AvgIpc) is 2.05. The molecule has 14 heavy (non-hydrogen) atoms. The second-order valence-electron chi connectivity index (χ2n) is 5.18. The van der Waals surface area contributed by atoms with Crippen molar-refractivity contribution in [2.75, 3.05) is 0 Å². The minimum atomic E-state index is 0.490. The molecule has 0 amide bonds. The van der Waals surface area contributed by atoms with E-state index in [9.17, 15) is 0 Å². The summed E-state index contributed by atoms with van der Waals surface area (Å²) in [6.45, 7) is 17.5. The summed E-state index contributed by atoms with van der Waals surface area (Å²) in [6, 6.07) is 0. The molecule has 84 valence electrons. The van der Waals surface area contributed by atoms with Crippen LogP contribution in [0.4, 0.5) is 0 Å². The van der Waals surface area contributed by atoms with Gasteiger partial charge in [-0.15, -0.1) is 0 Å². The van der Waals surface area contributed by atoms with E-state index in [1.807, 2.05) is 13.8 Å². The lowest BCUT2D eigenvalue weighted by Crippen LogP contribution is -2.34. The van der Waals surface area contributed by atoms with Gasteiger partial charge in [0.25, 0.3) is 0 Å². The normalized spacial score (nSPS) is 30.1. The van der Waals surface area contributed by atoms with Gasteiger partial charge in [0.05, 0.1) is 0 Å². The van der Waals surface area contributed by atoms with Crippen LogP contribution in [0.5, 0.6) is 0 Å². The van der Waals surface area contributed by atoms with Gasteiger partial charge in [-0.3, -0.25) is 0 Å². The second kappa shape index (κ2) is 5.58. The van der Waals surface area contributed by atoms with Crippen LogP contribution in [0.15, 0.2) is 12.2 Å². The fourth-order valence-electron chi connectivity index (χ4n) is 3.12. The van der Waals surface area contributed by atoms with E-state index in [1.54, 1.807) is 0 Å². The Morgan fingerprint density at radius 1 is 1.29 bits per heavy atom. The van der Waals surface area contributed by atoms with Gasteiger partial charge in [0.2, 0.25) is 0 Å². The highest BCUT2D eigenvalue weighted by Gasteiger charge is 2.36. The molecule has 1 fully saturated rings. The third-order valence-corrected chi connectivity index (χ3v) is 3.42. The highest BCUT2D eigenvalue weighted by atomic mass is 14.4. The lowest BCUT2D eigenvalue weighted by molar-refractivity contribution is 0.114. The summed E-state index contributed by atoms with van der Waals surface area (Å²) in [4.78, 5) is 0. The second-order valence-corrected chi connectivity index (χ2v) is 5.18. The summed E-state index contributed by atoms with van der Waals surface area (Å²) in [7, 11) is 0. The van der Waals surface area contributed by atoms with Crippen molar-refractivity contribution in [2.24, 2.45) is 17.3 Å². The van der Waals surface area contributed by atoms with Crippen LogP contribution in [0, 0.1) is 17.3 Å². The summed E-state index contributed by atoms with van der Waals surface area (Å²) in [5.41, 5.74) is 1.87. The molecule has 0 radical (unpaired) electrons. The maximum atomic E-state index is 4.12. The molecular weight excluding hydrogens is 168 g/mol. The molecule has 0 heteroatoms. The topological polar surface area (TPSA) is 0 Å². The van der Waals surface area contributed by atoms with Crippen LogP contribution in [-0.2, 0) is 0 Å². The van der Waals surface area contributed by atoms with Gasteiger partial charge in [0.15, 0.2) is 0 Å². The van der Waals surface area contributed by atoms with E-state index in [4.69, 9.17) is 0 Å². The number of hydrogen-bond acceptors (Lipinski definition) is 0. The number of allylic oxidation sites excluding steroid dienone is 1. The Bertz CT molecular complexity index is 176. The fourth-order valence-corrected chi connectivity index (χ4v) is 3.12. The van der Waals surface area contributed by atoms with E-state index in [1.165, 1.54) is 24.8 Å². The molecule has 1 saturated carbocycles. The Labute approximate surface area is 90.8 Å². The van der Waals surface area contributed by atoms with E-state index in [2.05, 4.69) is 34.3 Å². The first-order chi connectivity index (χ1) is 6.45. The molecule has 1 aliphatic carbocycles. The molecule has 0 aromatic carbocycles. The molecule has 0 saturated heterocycles. The number of hydrogen-bond donors (Lipinski definition) is 0. The molecule has 0 bridgehead atoms. The molecule has 0 heterocycles. The summed E-state index contributed by atoms with van der Waals surface area (Å²) in [5, 5.41) is 0. The van der Waals surface area contributed by atoms with E-state index in [0.717, 1.165) is 11.8 Å². The van der Waals surface area contributed by atoms with Crippen LogP contribution >= 0.6 is 0 Å². The smallest absolute Gasteiger partial charge is 0.0132 e. The Morgan fingerprint density at radius 3 is 2.07 bits per heavy atom. The van der Waals surface area contributed by atoms with E-state index >= 15 is 0 Å². The van der Waals surface area contributed by atoms with Crippen molar-refractivity contribution in [3.05, 3.63) is 12.2 Å². The van der Waals surface area contributed by atoms with Crippen molar-refractivity contribution in [2.45, 2.75) is 60.8 Å². The van der Waals surface area contributed by atoms with Gasteiger partial charge in [-0.05, 0) is 30.6 Å². The monoisotopic (exact) mass is 196 g/mol. The molecule has 2 atom stereocenters. The van der Waals surface area contributed by atoms with Gasteiger partial charge in [-0.25, -0.2) is 0 Å². The van der Waals surface area contributed by atoms with Crippen LogP contribution in [-0.4, -0.2) is 0 Å². The third-order valence-electron chi connectivity index (χ3n) is 3.42. The van der Waals surface area contributed by atoms with Gasteiger partial charge < -0.3 is 0 Å². The summed E-state index contributed by atoms with van der Waals surface area (Å²) >= 11 is 0. The molecular formula is C14H28. The average molecular weight is 196 g/mol. The quantitative estimate of drug-likeness (QED) is 0.515. The molecule has 1 aliphatic rings. The largest absolute Gasteiger partial charge is 0.0998 e. The van der Waals surface area contributed by atoms with Gasteiger partial charge in [-0.2, -0.15) is 0 Å². The maximum Gasteiger partial charge on any atom is -0.0132 e. The van der Waals surface area contributed by atoms with E-state index in [0.29, 0.717) is 5.41 Å². The SMILES string of the molecule is C=C(C)C1C(C)CCCC1(C)C.CC. The van der Waals surface area contributed by atoms with Crippen molar-refractivity contribution in [3.63, 3.8) is 0 Å². The van der Waals surface area contributed by atoms with E-state index < -0.39 is 0 Å². The Balaban J connectivity index is 0.000000791. The molecule has 0 aromatic rings. The predicted octanol–water partition coefficient (Wildman–Crippen LogP) is 5.05. The molecule has 0 aliphatic heterocycles.